The summed E-state index contributed by atoms with van der Waals surface area (Å²) in [5.74, 6) is 0.897. The van der Waals surface area contributed by atoms with Crippen molar-refractivity contribution in [2.75, 3.05) is 13.2 Å². The van der Waals surface area contributed by atoms with Gasteiger partial charge in [-0.1, -0.05) is 12.6 Å². The Kier molecular flexibility index (Phi) is 5.46. The largest absolute Gasteiger partial charge is 0.489 e. The van der Waals surface area contributed by atoms with Crippen LogP contribution in [-0.4, -0.2) is 18.7 Å². The minimum Gasteiger partial charge on any atom is -0.489 e. The molecule has 17 heavy (non-hydrogen) atoms. The van der Waals surface area contributed by atoms with Gasteiger partial charge >= 0.3 is 0 Å². The second-order valence-corrected chi connectivity index (χ2v) is 6.35. The summed E-state index contributed by atoms with van der Waals surface area (Å²) in [4.78, 5) is 0. The van der Waals surface area contributed by atoms with E-state index in [0.29, 0.717) is 6.61 Å². The Bertz CT molecular complexity index is 382. The highest BCUT2D eigenvalue weighted by Crippen LogP contribution is 2.15. The molecule has 0 atom stereocenters. The van der Waals surface area contributed by atoms with E-state index < -0.39 is 0 Å². The molecule has 1 aromatic carbocycles. The number of hydrogen-bond donors (Lipinski definition) is 1. The van der Waals surface area contributed by atoms with Gasteiger partial charge in [0.1, 0.15) is 12.4 Å². The van der Waals surface area contributed by atoms with E-state index in [-0.39, 0.29) is 5.54 Å². The van der Waals surface area contributed by atoms with Gasteiger partial charge in [0.2, 0.25) is 0 Å². The van der Waals surface area contributed by atoms with Gasteiger partial charge in [0.05, 0.1) is 0 Å². The Morgan fingerprint density at radius 2 is 2.12 bits per heavy atom. The third kappa shape index (κ3) is 6.68. The van der Waals surface area contributed by atoms with Crippen LogP contribution in [0.3, 0.4) is 0 Å². The average molecular weight is 345 g/mol. The van der Waals surface area contributed by atoms with Gasteiger partial charge in [-0.05, 0) is 67.1 Å². The summed E-state index contributed by atoms with van der Waals surface area (Å²) in [6.07, 6.45) is 0. The highest BCUT2D eigenvalue weighted by atomic mass is 127. The summed E-state index contributed by atoms with van der Waals surface area (Å²) < 4.78 is 6.85. The third-order valence-corrected chi connectivity index (χ3v) is 2.78. The first kappa shape index (κ1) is 14.5. The van der Waals surface area contributed by atoms with Crippen molar-refractivity contribution in [3.05, 3.63) is 40.0 Å². The van der Waals surface area contributed by atoms with Gasteiger partial charge in [0.25, 0.3) is 0 Å². The molecule has 0 heterocycles. The molecule has 0 saturated heterocycles. The lowest BCUT2D eigenvalue weighted by atomic mass is 10.1. The van der Waals surface area contributed by atoms with E-state index in [1.807, 2.05) is 24.3 Å². The number of nitrogens with one attached hydrogen (secondary N) is 1. The Morgan fingerprint density at radius 3 is 2.71 bits per heavy atom. The first-order chi connectivity index (χ1) is 7.87. The fraction of sp³-hybridized carbons (Fsp3) is 0.429. The molecular formula is C14H20INO. The molecule has 0 amide bonds. The van der Waals surface area contributed by atoms with E-state index in [0.717, 1.165) is 17.9 Å². The molecule has 94 valence electrons. The Balaban J connectivity index is 2.33. The van der Waals surface area contributed by atoms with Gasteiger partial charge in [-0.15, -0.1) is 0 Å². The molecule has 0 bridgehead atoms. The standard InChI is InChI=1S/C14H20INO/c1-11(9-16-14(2,3)4)10-17-13-7-5-6-12(15)8-13/h5-8,16H,1,9-10H2,2-4H3. The second kappa shape index (κ2) is 6.40. The number of hydrogen-bond acceptors (Lipinski definition) is 2. The molecule has 0 aliphatic carbocycles. The smallest absolute Gasteiger partial charge is 0.120 e. The highest BCUT2D eigenvalue weighted by molar-refractivity contribution is 14.1. The van der Waals surface area contributed by atoms with Crippen LogP contribution >= 0.6 is 22.6 Å². The molecule has 0 saturated carbocycles. The van der Waals surface area contributed by atoms with Crippen LogP contribution in [0.25, 0.3) is 0 Å². The van der Waals surface area contributed by atoms with Crippen molar-refractivity contribution in [1.82, 2.24) is 5.32 Å². The second-order valence-electron chi connectivity index (χ2n) is 5.10. The molecule has 0 aliphatic rings. The fourth-order valence-electron chi connectivity index (χ4n) is 1.18. The summed E-state index contributed by atoms with van der Waals surface area (Å²) in [6, 6.07) is 8.02. The lowest BCUT2D eigenvalue weighted by Crippen LogP contribution is -2.37. The summed E-state index contributed by atoms with van der Waals surface area (Å²) in [6.45, 7) is 11.8. The van der Waals surface area contributed by atoms with Crippen LogP contribution in [0, 0.1) is 3.57 Å². The normalized spacial score (nSPS) is 11.3. The molecule has 2 nitrogen and oxygen atoms in total. The first-order valence-corrected chi connectivity index (χ1v) is 6.75. The van der Waals surface area contributed by atoms with E-state index in [2.05, 4.69) is 55.3 Å². The van der Waals surface area contributed by atoms with Crippen LogP contribution in [0.2, 0.25) is 0 Å². The average Bonchev–Trinajstić information content (AvgIpc) is 2.23. The maximum atomic E-state index is 5.67. The lowest BCUT2D eigenvalue weighted by molar-refractivity contribution is 0.341. The minimum atomic E-state index is 0.116. The predicted octanol–water partition coefficient (Wildman–Crippen LogP) is 3.61. The van der Waals surface area contributed by atoms with Gasteiger partial charge in [0, 0.05) is 15.7 Å². The van der Waals surface area contributed by atoms with E-state index >= 15 is 0 Å². The Labute approximate surface area is 118 Å². The maximum Gasteiger partial charge on any atom is 0.120 e. The fourth-order valence-corrected chi connectivity index (χ4v) is 1.70. The molecule has 0 aliphatic heterocycles. The molecule has 0 aromatic heterocycles. The Hall–Kier alpha value is -0.550. The molecule has 1 aromatic rings. The molecule has 0 radical (unpaired) electrons. The quantitative estimate of drug-likeness (QED) is 0.650. The number of ether oxygens (including phenoxy) is 1. The predicted molar refractivity (Wildman–Crippen MR) is 81.5 cm³/mol. The van der Waals surface area contributed by atoms with Crippen molar-refractivity contribution in [2.24, 2.45) is 0 Å². The van der Waals surface area contributed by atoms with Crippen molar-refractivity contribution >= 4 is 22.6 Å². The van der Waals surface area contributed by atoms with E-state index in [1.165, 1.54) is 3.57 Å². The van der Waals surface area contributed by atoms with Crippen molar-refractivity contribution in [3.63, 3.8) is 0 Å². The zero-order chi connectivity index (χ0) is 12.9. The summed E-state index contributed by atoms with van der Waals surface area (Å²) in [7, 11) is 0. The zero-order valence-corrected chi connectivity index (χ0v) is 12.9. The van der Waals surface area contributed by atoms with Gasteiger partial charge in [-0.2, -0.15) is 0 Å². The topological polar surface area (TPSA) is 21.3 Å². The van der Waals surface area contributed by atoms with Gasteiger partial charge in [0.15, 0.2) is 0 Å². The summed E-state index contributed by atoms with van der Waals surface area (Å²) in [5.41, 5.74) is 1.17. The van der Waals surface area contributed by atoms with Crippen LogP contribution in [-0.2, 0) is 0 Å². The SMILES string of the molecule is C=C(CNC(C)(C)C)COc1cccc(I)c1. The van der Waals surface area contributed by atoms with Crippen molar-refractivity contribution < 1.29 is 4.74 Å². The highest BCUT2D eigenvalue weighted by Gasteiger charge is 2.08. The molecular weight excluding hydrogens is 325 g/mol. The van der Waals surface area contributed by atoms with Gasteiger partial charge in [-0.3, -0.25) is 0 Å². The number of halogens is 1. The lowest BCUT2D eigenvalue weighted by Gasteiger charge is -2.21. The zero-order valence-electron chi connectivity index (χ0n) is 10.7. The van der Waals surface area contributed by atoms with Crippen LogP contribution in [0.5, 0.6) is 5.75 Å². The van der Waals surface area contributed by atoms with Crippen molar-refractivity contribution in [2.45, 2.75) is 26.3 Å². The molecule has 1 rings (SSSR count). The van der Waals surface area contributed by atoms with Crippen LogP contribution in [0.4, 0.5) is 0 Å². The Morgan fingerprint density at radius 1 is 1.41 bits per heavy atom. The first-order valence-electron chi connectivity index (χ1n) is 5.67. The van der Waals surface area contributed by atoms with E-state index in [1.54, 1.807) is 0 Å². The number of benzene rings is 1. The van der Waals surface area contributed by atoms with E-state index in [9.17, 15) is 0 Å². The third-order valence-electron chi connectivity index (χ3n) is 2.11. The molecule has 0 unspecified atom stereocenters. The monoisotopic (exact) mass is 345 g/mol. The number of rotatable bonds is 5. The van der Waals surface area contributed by atoms with Gasteiger partial charge in [-0.25, -0.2) is 0 Å². The minimum absolute atomic E-state index is 0.116. The summed E-state index contributed by atoms with van der Waals surface area (Å²) >= 11 is 2.27. The molecule has 3 heteroatoms. The van der Waals surface area contributed by atoms with Gasteiger partial charge < -0.3 is 10.1 Å². The van der Waals surface area contributed by atoms with Crippen molar-refractivity contribution in [3.8, 4) is 5.75 Å². The summed E-state index contributed by atoms with van der Waals surface area (Å²) in [5, 5.41) is 3.39. The molecule has 0 fully saturated rings. The van der Waals surface area contributed by atoms with Crippen LogP contribution < -0.4 is 10.1 Å². The van der Waals surface area contributed by atoms with Crippen molar-refractivity contribution in [1.29, 1.82) is 0 Å². The van der Waals surface area contributed by atoms with Crippen LogP contribution in [0.1, 0.15) is 20.8 Å². The maximum absolute atomic E-state index is 5.67. The molecule has 0 spiro atoms. The van der Waals surface area contributed by atoms with E-state index in [4.69, 9.17) is 4.74 Å². The van der Waals surface area contributed by atoms with Crippen LogP contribution in [0.15, 0.2) is 36.4 Å². The molecule has 1 N–H and O–H groups in total.